The van der Waals surface area contributed by atoms with Gasteiger partial charge < -0.3 is 19.7 Å². The number of amides is 4. The molecule has 3 N–H and O–H groups in total. The lowest BCUT2D eigenvalue weighted by Crippen LogP contribution is -2.43. The van der Waals surface area contributed by atoms with E-state index < -0.39 is 77.5 Å². The molecule has 5 rings (SSSR count). The largest absolute Gasteiger partial charge is 0.481 e. The molecule has 2 aliphatic carbocycles. The molecule has 0 radical (unpaired) electrons. The predicted molar refractivity (Wildman–Crippen MR) is 120 cm³/mol. The Hall–Kier alpha value is -3.80. The van der Waals surface area contributed by atoms with Crippen molar-refractivity contribution in [3.63, 3.8) is 0 Å². The van der Waals surface area contributed by atoms with E-state index in [2.05, 4.69) is 0 Å². The maximum atomic E-state index is 13.5. The van der Waals surface area contributed by atoms with Gasteiger partial charge >= 0.3 is 11.9 Å². The van der Waals surface area contributed by atoms with Gasteiger partial charge in [-0.1, -0.05) is 11.6 Å². The highest BCUT2D eigenvalue weighted by atomic mass is 16.4. The molecule has 12 nitrogen and oxygen atoms in total. The molecule has 1 saturated carbocycles. The topological polar surface area (TPSA) is 183 Å². The number of carboxylic acids is 2. The quantitative estimate of drug-likeness (QED) is 0.323. The van der Waals surface area contributed by atoms with Crippen molar-refractivity contribution in [1.82, 2.24) is 9.80 Å². The Balaban J connectivity index is 1.54. The third-order valence-corrected chi connectivity index (χ3v) is 8.07. The van der Waals surface area contributed by atoms with E-state index in [0.717, 1.165) is 9.80 Å². The van der Waals surface area contributed by atoms with Crippen molar-refractivity contribution in [3.05, 3.63) is 35.3 Å². The SMILES string of the molecule is O=C(O)CCN1C(=O)[C@H]2[C@H](CC=C3[C@H]2C[C@H]2C(=O)N(CCC(=O)O)C(=O)[C@H]2[C@H]3c2ccc(CO)o2)C1=O. The molecule has 4 aliphatic rings. The number of hydrogen-bond donors (Lipinski definition) is 3. The number of furan rings is 1. The Bertz CT molecular complexity index is 1230. The number of aliphatic hydroxyl groups is 1. The highest BCUT2D eigenvalue weighted by Gasteiger charge is 2.62. The average Bonchev–Trinajstić information content (AvgIpc) is 3.50. The molecule has 2 saturated heterocycles. The summed E-state index contributed by atoms with van der Waals surface area (Å²) in [5.74, 6) is -8.13. The van der Waals surface area contributed by atoms with E-state index >= 15 is 0 Å². The lowest BCUT2D eigenvalue weighted by molar-refractivity contribution is -0.145. The van der Waals surface area contributed by atoms with Gasteiger partial charge in [-0.2, -0.15) is 0 Å². The summed E-state index contributed by atoms with van der Waals surface area (Å²) in [6, 6.07) is 3.17. The highest BCUT2D eigenvalue weighted by Crippen LogP contribution is 2.58. The lowest BCUT2D eigenvalue weighted by Gasteiger charge is -2.43. The van der Waals surface area contributed by atoms with Crippen LogP contribution in [0.5, 0.6) is 0 Å². The van der Waals surface area contributed by atoms with Crippen LogP contribution in [0.2, 0.25) is 0 Å². The van der Waals surface area contributed by atoms with Gasteiger partial charge in [-0.3, -0.25) is 38.6 Å². The first kappa shape index (κ1) is 24.9. The standard InChI is InChI=1S/C25H26N2O10/c28-10-11-1-4-16(37-11)20-12-2-3-13-19(24(35)26(22(13)33)7-5-17(29)30)14(12)9-15-21(20)25(36)27(23(15)34)8-6-18(31)32/h1-2,4,13-15,19-21,28H,3,5-10H2,(H,29,30)(H,31,32)/t13-,14+,15+,19-,20+,21+/m0/s1. The van der Waals surface area contributed by atoms with Crippen molar-refractivity contribution in [2.24, 2.45) is 29.6 Å². The van der Waals surface area contributed by atoms with Crippen LogP contribution >= 0.6 is 0 Å². The number of imide groups is 2. The number of allylic oxidation sites excluding steroid dienone is 2. The van der Waals surface area contributed by atoms with Gasteiger partial charge in [-0.15, -0.1) is 0 Å². The summed E-state index contributed by atoms with van der Waals surface area (Å²) >= 11 is 0. The van der Waals surface area contributed by atoms with Gasteiger partial charge in [0, 0.05) is 13.1 Å². The van der Waals surface area contributed by atoms with Crippen LogP contribution in [0.25, 0.3) is 0 Å². The van der Waals surface area contributed by atoms with E-state index in [1.807, 2.05) is 6.08 Å². The number of likely N-dealkylation sites (tertiary alicyclic amines) is 2. The Morgan fingerprint density at radius 3 is 2.00 bits per heavy atom. The van der Waals surface area contributed by atoms with Crippen molar-refractivity contribution in [3.8, 4) is 0 Å². The summed E-state index contributed by atoms with van der Waals surface area (Å²) in [4.78, 5) is 77.3. The molecule has 6 atom stereocenters. The van der Waals surface area contributed by atoms with Gasteiger partial charge in [0.2, 0.25) is 23.6 Å². The van der Waals surface area contributed by atoms with E-state index in [9.17, 15) is 33.9 Å². The fourth-order valence-electron chi connectivity index (χ4n) is 6.54. The molecule has 1 aromatic rings. The summed E-state index contributed by atoms with van der Waals surface area (Å²) in [5.41, 5.74) is 0.698. The summed E-state index contributed by atoms with van der Waals surface area (Å²) in [6.07, 6.45) is 1.38. The first-order valence-corrected chi connectivity index (χ1v) is 12.2. The zero-order valence-corrected chi connectivity index (χ0v) is 19.7. The van der Waals surface area contributed by atoms with Crippen LogP contribution in [0, 0.1) is 29.6 Å². The lowest BCUT2D eigenvalue weighted by atomic mass is 9.58. The van der Waals surface area contributed by atoms with Crippen LogP contribution < -0.4 is 0 Å². The maximum absolute atomic E-state index is 13.5. The third kappa shape index (κ3) is 3.95. The van der Waals surface area contributed by atoms with Gasteiger partial charge in [0.15, 0.2) is 0 Å². The average molecular weight is 514 g/mol. The monoisotopic (exact) mass is 514 g/mol. The normalized spacial score (nSPS) is 30.8. The second-order valence-electron chi connectivity index (χ2n) is 9.93. The predicted octanol–water partition coefficient (Wildman–Crippen LogP) is 0.357. The van der Waals surface area contributed by atoms with Gasteiger partial charge in [0.25, 0.3) is 0 Å². The van der Waals surface area contributed by atoms with E-state index in [0.29, 0.717) is 11.3 Å². The smallest absolute Gasteiger partial charge is 0.305 e. The van der Waals surface area contributed by atoms with Crippen LogP contribution in [-0.4, -0.2) is 73.8 Å². The number of aliphatic hydroxyl groups excluding tert-OH is 1. The summed E-state index contributed by atoms with van der Waals surface area (Å²) < 4.78 is 5.80. The van der Waals surface area contributed by atoms with E-state index in [-0.39, 0.29) is 44.7 Å². The van der Waals surface area contributed by atoms with E-state index in [4.69, 9.17) is 14.6 Å². The number of carbonyl (C=O) groups is 6. The van der Waals surface area contributed by atoms with Crippen LogP contribution in [0.4, 0.5) is 0 Å². The van der Waals surface area contributed by atoms with Crippen molar-refractivity contribution in [2.45, 2.75) is 38.2 Å². The molecule has 4 amide bonds. The second-order valence-corrected chi connectivity index (χ2v) is 9.93. The molecule has 3 heterocycles. The Morgan fingerprint density at radius 2 is 1.43 bits per heavy atom. The zero-order chi connectivity index (χ0) is 26.6. The third-order valence-electron chi connectivity index (χ3n) is 8.07. The molecule has 196 valence electrons. The maximum Gasteiger partial charge on any atom is 0.305 e. The Morgan fingerprint density at radius 1 is 0.838 bits per heavy atom. The molecule has 37 heavy (non-hydrogen) atoms. The van der Waals surface area contributed by atoms with Crippen LogP contribution in [0.1, 0.15) is 43.1 Å². The molecule has 0 aromatic carbocycles. The first-order chi connectivity index (χ1) is 17.6. The fourth-order valence-corrected chi connectivity index (χ4v) is 6.54. The fraction of sp³-hybridized carbons (Fsp3) is 0.520. The second kappa shape index (κ2) is 9.25. The number of aliphatic carboxylic acids is 2. The van der Waals surface area contributed by atoms with Gasteiger partial charge in [0.05, 0.1) is 42.4 Å². The minimum atomic E-state index is -1.15. The number of carbonyl (C=O) groups excluding carboxylic acids is 4. The van der Waals surface area contributed by atoms with Gasteiger partial charge in [0.1, 0.15) is 18.1 Å². The summed E-state index contributed by atoms with van der Waals surface area (Å²) in [7, 11) is 0. The van der Waals surface area contributed by atoms with Crippen LogP contribution in [-0.2, 0) is 35.4 Å². The number of nitrogens with zero attached hydrogens (tertiary/aromatic N) is 2. The number of carboxylic acid groups (broad SMARTS) is 2. The first-order valence-electron chi connectivity index (χ1n) is 12.2. The molecule has 2 aliphatic heterocycles. The number of hydrogen-bond acceptors (Lipinski definition) is 8. The molecule has 1 aromatic heterocycles. The number of rotatable bonds is 8. The van der Waals surface area contributed by atoms with Gasteiger partial charge in [-0.05, 0) is 30.9 Å². The Labute approximate surface area is 210 Å². The van der Waals surface area contributed by atoms with Crippen LogP contribution in [0.3, 0.4) is 0 Å². The van der Waals surface area contributed by atoms with Crippen molar-refractivity contribution in [2.75, 3.05) is 13.1 Å². The molecular weight excluding hydrogens is 488 g/mol. The van der Waals surface area contributed by atoms with E-state index in [1.165, 1.54) is 0 Å². The minimum Gasteiger partial charge on any atom is -0.481 e. The van der Waals surface area contributed by atoms with Crippen molar-refractivity contribution >= 4 is 35.6 Å². The Kier molecular flexibility index (Phi) is 6.22. The summed E-state index contributed by atoms with van der Waals surface area (Å²) in [6.45, 7) is -0.893. The number of fused-ring (bicyclic) bond motifs is 4. The highest BCUT2D eigenvalue weighted by molar-refractivity contribution is 6.08. The molecule has 0 unspecified atom stereocenters. The zero-order valence-electron chi connectivity index (χ0n) is 19.7. The van der Waals surface area contributed by atoms with Gasteiger partial charge in [-0.25, -0.2) is 0 Å². The molecular formula is C25H26N2O10. The van der Waals surface area contributed by atoms with Crippen molar-refractivity contribution in [1.29, 1.82) is 0 Å². The molecule has 3 fully saturated rings. The molecule has 12 heteroatoms. The van der Waals surface area contributed by atoms with Crippen molar-refractivity contribution < 1.29 is 48.5 Å². The molecule has 0 spiro atoms. The minimum absolute atomic E-state index is 0.127. The molecule has 0 bridgehead atoms. The van der Waals surface area contributed by atoms with Crippen LogP contribution in [0.15, 0.2) is 28.2 Å². The summed E-state index contributed by atoms with van der Waals surface area (Å²) in [5, 5.41) is 27.6. The van der Waals surface area contributed by atoms with E-state index in [1.54, 1.807) is 12.1 Å².